The second-order valence-electron chi connectivity index (χ2n) is 27.4. The summed E-state index contributed by atoms with van der Waals surface area (Å²) in [7, 11) is 0. The zero-order valence-electron chi connectivity index (χ0n) is 59.0. The zero-order chi connectivity index (χ0) is 62.8. The van der Waals surface area contributed by atoms with E-state index in [4.69, 9.17) is 4.74 Å². The molecular weight excluding hydrogens is 1070 g/mol. The molecule has 0 aromatic rings. The van der Waals surface area contributed by atoms with Crippen molar-refractivity contribution >= 4 is 11.9 Å². The molecule has 2 unspecified atom stereocenters. The molecule has 0 aliphatic rings. The first-order chi connectivity index (χ1) is 43.0. The van der Waals surface area contributed by atoms with Gasteiger partial charge in [0.2, 0.25) is 5.91 Å². The number of allylic oxidation sites excluding steroid dienone is 5. The predicted octanol–water partition coefficient (Wildman–Crippen LogP) is 26.2. The lowest BCUT2D eigenvalue weighted by Crippen LogP contribution is -2.45. The molecule has 6 nitrogen and oxygen atoms in total. The molecule has 0 heterocycles. The van der Waals surface area contributed by atoms with Crippen LogP contribution in [0.1, 0.15) is 444 Å². The van der Waals surface area contributed by atoms with Gasteiger partial charge in [0.15, 0.2) is 0 Å². The van der Waals surface area contributed by atoms with E-state index in [0.717, 1.165) is 51.4 Å². The van der Waals surface area contributed by atoms with Gasteiger partial charge in [0.25, 0.3) is 0 Å². The molecule has 0 radical (unpaired) electrons. The molecule has 0 rings (SSSR count). The maximum absolute atomic E-state index is 12.6. The first-order valence-corrected chi connectivity index (χ1v) is 39.8. The smallest absolute Gasteiger partial charge is 0.305 e. The number of amides is 1. The molecule has 0 aromatic heterocycles. The zero-order valence-corrected chi connectivity index (χ0v) is 59.0. The first-order valence-electron chi connectivity index (χ1n) is 39.8. The Morgan fingerprint density at radius 3 is 0.920 bits per heavy atom. The Bertz CT molecular complexity index is 1410. The molecule has 514 valence electrons. The van der Waals surface area contributed by atoms with E-state index in [-0.39, 0.29) is 18.5 Å². The fourth-order valence-corrected chi connectivity index (χ4v) is 12.6. The van der Waals surface area contributed by atoms with Crippen LogP contribution in [-0.4, -0.2) is 47.4 Å². The Labute approximate surface area is 544 Å². The molecule has 2 atom stereocenters. The topological polar surface area (TPSA) is 95.9 Å². The van der Waals surface area contributed by atoms with Crippen LogP contribution in [0.3, 0.4) is 0 Å². The van der Waals surface area contributed by atoms with E-state index in [9.17, 15) is 19.8 Å². The van der Waals surface area contributed by atoms with Crippen LogP contribution in [0.15, 0.2) is 36.5 Å². The van der Waals surface area contributed by atoms with Crippen molar-refractivity contribution in [2.24, 2.45) is 0 Å². The number of nitrogens with one attached hydrogen (secondary N) is 1. The molecular formula is C81H155NO5. The molecule has 0 fully saturated rings. The average molecular weight is 1220 g/mol. The lowest BCUT2D eigenvalue weighted by molar-refractivity contribution is -0.143. The van der Waals surface area contributed by atoms with Gasteiger partial charge in [-0.15, -0.1) is 0 Å². The van der Waals surface area contributed by atoms with E-state index in [1.807, 2.05) is 6.08 Å². The van der Waals surface area contributed by atoms with Crippen molar-refractivity contribution < 1.29 is 24.5 Å². The quantitative estimate of drug-likeness (QED) is 0.0320. The number of aliphatic hydroxyl groups excluding tert-OH is 2. The first kappa shape index (κ1) is 85.1. The van der Waals surface area contributed by atoms with Gasteiger partial charge in [0.1, 0.15) is 0 Å². The van der Waals surface area contributed by atoms with Crippen molar-refractivity contribution in [2.75, 3.05) is 13.2 Å². The van der Waals surface area contributed by atoms with Gasteiger partial charge in [0, 0.05) is 12.8 Å². The Morgan fingerprint density at radius 2 is 0.598 bits per heavy atom. The maximum Gasteiger partial charge on any atom is 0.305 e. The summed E-state index contributed by atoms with van der Waals surface area (Å²) in [6, 6.07) is -0.626. The van der Waals surface area contributed by atoms with Gasteiger partial charge in [0.05, 0.1) is 25.4 Å². The fourth-order valence-electron chi connectivity index (χ4n) is 12.6. The molecule has 87 heavy (non-hydrogen) atoms. The molecule has 0 saturated heterocycles. The molecule has 0 aromatic carbocycles. The van der Waals surface area contributed by atoms with Crippen LogP contribution >= 0.6 is 0 Å². The molecule has 0 bridgehead atoms. The SMILES string of the molecule is CCC/C=C\C/C=C\CCCCCCCC(=O)OCCCCCCCCCCCCCCCCCCCCCCCCCCCCCCCCCCCC(=O)NC(CO)C(O)/C=C/CCCCCCCCCCCCCCCCCCCCCCCC. The molecule has 1 amide bonds. The summed E-state index contributed by atoms with van der Waals surface area (Å²) in [6.45, 7) is 4.88. The van der Waals surface area contributed by atoms with Gasteiger partial charge in [-0.25, -0.2) is 0 Å². The molecule has 3 N–H and O–H groups in total. The summed E-state index contributed by atoms with van der Waals surface area (Å²) in [5, 5.41) is 23.3. The van der Waals surface area contributed by atoms with Crippen molar-refractivity contribution in [3.63, 3.8) is 0 Å². The molecule has 0 aliphatic heterocycles. The van der Waals surface area contributed by atoms with Crippen molar-refractivity contribution in [2.45, 2.75) is 456 Å². The van der Waals surface area contributed by atoms with Gasteiger partial charge in [-0.3, -0.25) is 9.59 Å². The second kappa shape index (κ2) is 76.5. The number of aliphatic hydroxyl groups is 2. The minimum atomic E-state index is -0.843. The van der Waals surface area contributed by atoms with Crippen molar-refractivity contribution in [1.29, 1.82) is 0 Å². The Morgan fingerprint density at radius 1 is 0.322 bits per heavy atom. The minimum Gasteiger partial charge on any atom is -0.466 e. The summed E-state index contributed by atoms with van der Waals surface area (Å²) in [6.07, 6.45) is 99.9. The number of hydrogen-bond donors (Lipinski definition) is 3. The normalized spacial score (nSPS) is 12.6. The number of hydrogen-bond acceptors (Lipinski definition) is 5. The third kappa shape index (κ3) is 73.0. The van der Waals surface area contributed by atoms with Crippen molar-refractivity contribution in [3.05, 3.63) is 36.5 Å². The van der Waals surface area contributed by atoms with E-state index < -0.39 is 12.1 Å². The summed E-state index contributed by atoms with van der Waals surface area (Å²) in [5.74, 6) is -0.0515. The number of rotatable bonds is 75. The van der Waals surface area contributed by atoms with E-state index in [0.29, 0.717) is 19.4 Å². The number of ether oxygens (including phenoxy) is 1. The van der Waals surface area contributed by atoms with Crippen molar-refractivity contribution in [1.82, 2.24) is 5.32 Å². The fraction of sp³-hybridized carbons (Fsp3) is 0.901. The standard InChI is InChI=1S/C81H155NO5/c1-3-5-7-9-11-13-15-17-18-19-20-21-22-34-37-40-43-46-50-53-57-61-65-69-73-79(84)78(77-83)82-80(85)74-70-66-62-58-54-51-47-44-41-38-35-32-30-28-26-24-23-25-27-29-31-33-36-39-42-45-48-52-56-60-64-68-72-76-87-81(86)75-71-67-63-59-55-49-16-14-12-10-8-6-4-2/h8,10,14,16,69,73,78-79,83-84H,3-7,9,11-13,15,17-68,70-72,74-77H2,1-2H3,(H,82,85)/b10-8-,16-14-,73-69+. The lowest BCUT2D eigenvalue weighted by atomic mass is 10.0. The highest BCUT2D eigenvalue weighted by molar-refractivity contribution is 5.76. The van der Waals surface area contributed by atoms with Gasteiger partial charge in [-0.2, -0.15) is 0 Å². The number of esters is 1. The van der Waals surface area contributed by atoms with Gasteiger partial charge >= 0.3 is 5.97 Å². The van der Waals surface area contributed by atoms with Crippen LogP contribution in [0.4, 0.5) is 0 Å². The van der Waals surface area contributed by atoms with Crippen molar-refractivity contribution in [3.8, 4) is 0 Å². The van der Waals surface area contributed by atoms with Gasteiger partial charge in [-0.05, 0) is 57.8 Å². The largest absolute Gasteiger partial charge is 0.466 e. The summed E-state index contributed by atoms with van der Waals surface area (Å²) in [5.41, 5.74) is 0. The maximum atomic E-state index is 12.6. The summed E-state index contributed by atoms with van der Waals surface area (Å²) < 4.78 is 5.48. The van der Waals surface area contributed by atoms with Crippen LogP contribution < -0.4 is 5.32 Å². The van der Waals surface area contributed by atoms with Gasteiger partial charge in [-0.1, -0.05) is 410 Å². The van der Waals surface area contributed by atoms with Crippen LogP contribution in [0.2, 0.25) is 0 Å². The number of carbonyl (C=O) groups is 2. The molecule has 6 heteroatoms. The minimum absolute atomic E-state index is 0.00663. The molecule has 0 aliphatic carbocycles. The van der Waals surface area contributed by atoms with E-state index in [1.54, 1.807) is 6.08 Å². The average Bonchev–Trinajstić information content (AvgIpc) is 3.54. The number of unbranched alkanes of at least 4 members (excludes halogenated alkanes) is 60. The van der Waals surface area contributed by atoms with E-state index in [1.165, 1.54) is 366 Å². The van der Waals surface area contributed by atoms with Crippen LogP contribution in [0.5, 0.6) is 0 Å². The highest BCUT2D eigenvalue weighted by Gasteiger charge is 2.18. The van der Waals surface area contributed by atoms with Crippen LogP contribution in [-0.2, 0) is 14.3 Å². The highest BCUT2D eigenvalue weighted by Crippen LogP contribution is 2.20. The molecule has 0 spiro atoms. The van der Waals surface area contributed by atoms with Gasteiger partial charge < -0.3 is 20.3 Å². The monoisotopic (exact) mass is 1220 g/mol. The Balaban J connectivity index is 3.35. The van der Waals surface area contributed by atoms with E-state index in [2.05, 4.69) is 43.5 Å². The summed E-state index contributed by atoms with van der Waals surface area (Å²) in [4.78, 5) is 24.6. The summed E-state index contributed by atoms with van der Waals surface area (Å²) >= 11 is 0. The Kier molecular flexibility index (Phi) is 74.8. The highest BCUT2D eigenvalue weighted by atomic mass is 16.5. The van der Waals surface area contributed by atoms with E-state index >= 15 is 0 Å². The van der Waals surface area contributed by atoms with Crippen LogP contribution in [0, 0.1) is 0 Å². The third-order valence-corrected chi connectivity index (χ3v) is 18.6. The lowest BCUT2D eigenvalue weighted by Gasteiger charge is -2.20. The third-order valence-electron chi connectivity index (χ3n) is 18.6. The predicted molar refractivity (Wildman–Crippen MR) is 384 cm³/mol. The Hall–Kier alpha value is -1.92. The molecule has 0 saturated carbocycles. The number of carbonyl (C=O) groups excluding carboxylic acids is 2. The van der Waals surface area contributed by atoms with Crippen LogP contribution in [0.25, 0.3) is 0 Å². The second-order valence-corrected chi connectivity index (χ2v) is 27.4.